The van der Waals surface area contributed by atoms with Crippen LogP contribution in [-0.2, 0) is 16.0 Å². The molecule has 1 saturated carbocycles. The molecule has 1 atom stereocenters. The lowest BCUT2D eigenvalue weighted by atomic mass is 9.91. The first-order valence-electron chi connectivity index (χ1n) is 6.87. The van der Waals surface area contributed by atoms with E-state index in [2.05, 4.69) is 10.6 Å². The minimum Gasteiger partial charge on any atom is -0.342 e. The van der Waals surface area contributed by atoms with E-state index >= 15 is 0 Å². The molecule has 2 N–H and O–H groups in total. The normalized spacial score (nSPS) is 25.2. The molecule has 1 aliphatic carbocycles. The lowest BCUT2D eigenvalue weighted by molar-refractivity contribution is -0.141. The van der Waals surface area contributed by atoms with Crippen molar-refractivity contribution in [2.45, 2.75) is 43.7 Å². The zero-order chi connectivity index (χ0) is 13.3. The smallest absolute Gasteiger partial charge is 0.246 e. The van der Waals surface area contributed by atoms with Crippen molar-refractivity contribution in [2.24, 2.45) is 0 Å². The van der Waals surface area contributed by atoms with E-state index in [1.165, 1.54) is 0 Å². The quantitative estimate of drug-likeness (QED) is 0.836. The molecule has 0 unspecified atom stereocenters. The first-order chi connectivity index (χ1) is 9.20. The van der Waals surface area contributed by atoms with E-state index in [0.717, 1.165) is 31.2 Å². The van der Waals surface area contributed by atoms with Crippen LogP contribution in [0, 0.1) is 0 Å². The summed E-state index contributed by atoms with van der Waals surface area (Å²) in [6.07, 6.45) is 4.11. The van der Waals surface area contributed by atoms with Gasteiger partial charge in [-0.25, -0.2) is 0 Å². The predicted octanol–water partition coefficient (Wildman–Crippen LogP) is 1.16. The van der Waals surface area contributed by atoms with Crippen molar-refractivity contribution in [3.8, 4) is 0 Å². The average molecular weight is 258 g/mol. The number of amides is 2. The summed E-state index contributed by atoms with van der Waals surface area (Å²) in [5, 5.41) is 5.86. The fourth-order valence-electron chi connectivity index (χ4n) is 3.07. The number of nitrogens with one attached hydrogen (secondary N) is 2. The van der Waals surface area contributed by atoms with Crippen LogP contribution in [0.25, 0.3) is 0 Å². The molecule has 1 aromatic rings. The summed E-state index contributed by atoms with van der Waals surface area (Å²) in [6, 6.07) is 9.32. The Hall–Kier alpha value is -1.84. The van der Waals surface area contributed by atoms with Crippen LogP contribution in [0.2, 0.25) is 0 Å². The Kier molecular flexibility index (Phi) is 3.01. The van der Waals surface area contributed by atoms with Crippen molar-refractivity contribution in [2.75, 3.05) is 0 Å². The number of piperazine rings is 1. The summed E-state index contributed by atoms with van der Waals surface area (Å²) in [7, 11) is 0. The highest BCUT2D eigenvalue weighted by Crippen LogP contribution is 2.31. The molecule has 0 radical (unpaired) electrons. The Bertz CT molecular complexity index is 492. The van der Waals surface area contributed by atoms with Crippen LogP contribution in [0.3, 0.4) is 0 Å². The minimum atomic E-state index is -0.621. The number of benzene rings is 1. The van der Waals surface area contributed by atoms with Crippen molar-refractivity contribution in [1.82, 2.24) is 10.6 Å². The van der Waals surface area contributed by atoms with Crippen molar-refractivity contribution in [3.63, 3.8) is 0 Å². The van der Waals surface area contributed by atoms with E-state index in [9.17, 15) is 9.59 Å². The van der Waals surface area contributed by atoms with Gasteiger partial charge in [0, 0.05) is 6.42 Å². The highest BCUT2D eigenvalue weighted by molar-refractivity contribution is 6.00. The van der Waals surface area contributed by atoms with Crippen LogP contribution in [-0.4, -0.2) is 23.4 Å². The number of carbonyl (C=O) groups excluding carboxylic acids is 2. The summed E-state index contributed by atoms with van der Waals surface area (Å²) < 4.78 is 0. The molecule has 19 heavy (non-hydrogen) atoms. The Balaban J connectivity index is 1.73. The van der Waals surface area contributed by atoms with Crippen molar-refractivity contribution in [3.05, 3.63) is 35.9 Å². The van der Waals surface area contributed by atoms with Crippen LogP contribution < -0.4 is 10.6 Å². The molecular formula is C15H18N2O2. The van der Waals surface area contributed by atoms with Gasteiger partial charge in [0.05, 0.1) is 0 Å². The van der Waals surface area contributed by atoms with E-state index in [1.54, 1.807) is 0 Å². The third kappa shape index (κ3) is 2.23. The van der Waals surface area contributed by atoms with Gasteiger partial charge in [-0.15, -0.1) is 0 Å². The number of rotatable bonds is 2. The van der Waals surface area contributed by atoms with Crippen molar-refractivity contribution < 1.29 is 9.59 Å². The zero-order valence-electron chi connectivity index (χ0n) is 10.8. The van der Waals surface area contributed by atoms with Gasteiger partial charge in [-0.05, 0) is 18.4 Å². The first-order valence-corrected chi connectivity index (χ1v) is 6.87. The molecule has 4 nitrogen and oxygen atoms in total. The molecule has 100 valence electrons. The molecule has 1 aromatic carbocycles. The molecule has 2 amide bonds. The molecule has 1 heterocycles. The zero-order valence-corrected chi connectivity index (χ0v) is 10.8. The van der Waals surface area contributed by atoms with Crippen LogP contribution in [0.5, 0.6) is 0 Å². The Morgan fingerprint density at radius 2 is 1.79 bits per heavy atom. The summed E-state index contributed by atoms with van der Waals surface area (Å²) in [6.45, 7) is 0. The monoisotopic (exact) mass is 258 g/mol. The Morgan fingerprint density at radius 3 is 2.47 bits per heavy atom. The lowest BCUT2D eigenvalue weighted by Gasteiger charge is -2.37. The second-order valence-electron chi connectivity index (χ2n) is 5.49. The Labute approximate surface area is 112 Å². The van der Waals surface area contributed by atoms with Gasteiger partial charge < -0.3 is 10.6 Å². The SMILES string of the molecule is O=C1NC2(CCCC2)C(=O)N[C@H]1Cc1ccccc1. The maximum absolute atomic E-state index is 12.2. The third-order valence-corrected chi connectivity index (χ3v) is 4.16. The van der Waals surface area contributed by atoms with Crippen LogP contribution >= 0.6 is 0 Å². The number of carbonyl (C=O) groups is 2. The molecule has 3 rings (SSSR count). The highest BCUT2D eigenvalue weighted by Gasteiger charge is 2.47. The van der Waals surface area contributed by atoms with Gasteiger partial charge in [0.25, 0.3) is 0 Å². The maximum Gasteiger partial charge on any atom is 0.246 e. The summed E-state index contributed by atoms with van der Waals surface area (Å²) in [4.78, 5) is 24.4. The van der Waals surface area contributed by atoms with Gasteiger partial charge in [-0.2, -0.15) is 0 Å². The van der Waals surface area contributed by atoms with E-state index in [1.807, 2.05) is 30.3 Å². The van der Waals surface area contributed by atoms with Gasteiger partial charge in [0.2, 0.25) is 11.8 Å². The second-order valence-corrected chi connectivity index (χ2v) is 5.49. The predicted molar refractivity (Wildman–Crippen MR) is 71.4 cm³/mol. The minimum absolute atomic E-state index is 0.00877. The standard InChI is InChI=1S/C15H18N2O2/c18-13-12(10-11-6-2-1-3-7-11)16-14(19)15(17-13)8-4-5-9-15/h1-3,6-7,12H,4-5,8-10H2,(H,16,19)(H,17,18)/t12-/m0/s1. The largest absolute Gasteiger partial charge is 0.342 e. The highest BCUT2D eigenvalue weighted by atomic mass is 16.2. The number of hydrogen-bond donors (Lipinski definition) is 2. The van der Waals surface area contributed by atoms with Crippen LogP contribution in [0.15, 0.2) is 30.3 Å². The summed E-state index contributed by atoms with van der Waals surface area (Å²) >= 11 is 0. The van der Waals surface area contributed by atoms with Gasteiger partial charge in [-0.3, -0.25) is 9.59 Å². The fourth-order valence-corrected chi connectivity index (χ4v) is 3.07. The van der Waals surface area contributed by atoms with E-state index in [4.69, 9.17) is 0 Å². The van der Waals surface area contributed by atoms with Crippen LogP contribution in [0.4, 0.5) is 0 Å². The molecule has 2 fully saturated rings. The molecule has 0 aromatic heterocycles. The molecule has 4 heteroatoms. The fraction of sp³-hybridized carbons (Fsp3) is 0.467. The van der Waals surface area contributed by atoms with Gasteiger partial charge in [-0.1, -0.05) is 43.2 Å². The molecule has 1 aliphatic heterocycles. The van der Waals surface area contributed by atoms with Gasteiger partial charge in [0.15, 0.2) is 0 Å². The van der Waals surface area contributed by atoms with Gasteiger partial charge >= 0.3 is 0 Å². The molecule has 0 bridgehead atoms. The third-order valence-electron chi connectivity index (χ3n) is 4.16. The molecule has 1 spiro atoms. The number of hydrogen-bond acceptors (Lipinski definition) is 2. The average Bonchev–Trinajstić information content (AvgIpc) is 2.87. The first kappa shape index (κ1) is 12.2. The second kappa shape index (κ2) is 4.68. The topological polar surface area (TPSA) is 58.2 Å². The van der Waals surface area contributed by atoms with Gasteiger partial charge in [0.1, 0.15) is 11.6 Å². The lowest BCUT2D eigenvalue weighted by Crippen LogP contribution is -2.68. The van der Waals surface area contributed by atoms with E-state index < -0.39 is 11.6 Å². The van der Waals surface area contributed by atoms with Crippen LogP contribution in [0.1, 0.15) is 31.2 Å². The van der Waals surface area contributed by atoms with Crippen molar-refractivity contribution >= 4 is 11.8 Å². The molecule has 1 saturated heterocycles. The maximum atomic E-state index is 12.2. The Morgan fingerprint density at radius 1 is 1.11 bits per heavy atom. The summed E-state index contributed by atoms with van der Waals surface area (Å²) in [5.41, 5.74) is 0.440. The van der Waals surface area contributed by atoms with Crippen molar-refractivity contribution in [1.29, 1.82) is 0 Å². The summed E-state index contributed by atoms with van der Waals surface area (Å²) in [5.74, 6) is -0.0594. The molecule has 2 aliphatic rings. The van der Waals surface area contributed by atoms with E-state index in [0.29, 0.717) is 6.42 Å². The molecular weight excluding hydrogens is 240 g/mol. The van der Waals surface area contributed by atoms with E-state index in [-0.39, 0.29) is 11.8 Å².